The van der Waals surface area contributed by atoms with Gasteiger partial charge in [0.2, 0.25) is 10.0 Å². The summed E-state index contributed by atoms with van der Waals surface area (Å²) in [5.74, 6) is -1.17. The summed E-state index contributed by atoms with van der Waals surface area (Å²) < 4.78 is 54.5. The van der Waals surface area contributed by atoms with Crippen LogP contribution in [0.25, 0.3) is 33.3 Å². The van der Waals surface area contributed by atoms with E-state index in [1.807, 2.05) is 0 Å². The number of halogens is 2. The third-order valence-corrected chi connectivity index (χ3v) is 6.92. The van der Waals surface area contributed by atoms with Crippen LogP contribution in [0.4, 0.5) is 8.78 Å². The van der Waals surface area contributed by atoms with Gasteiger partial charge in [0.1, 0.15) is 28.5 Å². The fraction of sp³-hybridized carbons (Fsp3) is 0.208. The average Bonchev–Trinajstić information content (AvgIpc) is 3.41. The first kappa shape index (κ1) is 23.8. The predicted octanol–water partition coefficient (Wildman–Crippen LogP) is 2.74. The number of sulfonamides is 1. The molecule has 0 saturated carbocycles. The van der Waals surface area contributed by atoms with Gasteiger partial charge in [0.05, 0.1) is 18.0 Å². The summed E-state index contributed by atoms with van der Waals surface area (Å²) in [6.07, 6.45) is 3.39. The number of aromatic amines is 1. The van der Waals surface area contributed by atoms with Crippen LogP contribution in [0.3, 0.4) is 0 Å². The van der Waals surface area contributed by atoms with Gasteiger partial charge < -0.3 is 14.1 Å². The summed E-state index contributed by atoms with van der Waals surface area (Å²) in [6.45, 7) is 1.76. The number of H-pyrrole nitrogens is 1. The zero-order valence-corrected chi connectivity index (χ0v) is 20.2. The van der Waals surface area contributed by atoms with E-state index < -0.39 is 21.7 Å². The number of nitrogens with one attached hydrogen (secondary N) is 1. The molecule has 5 aromatic rings. The molecular formula is C24H22F2N6O3S. The molecular weight excluding hydrogens is 490 g/mol. The third kappa shape index (κ3) is 4.29. The Morgan fingerprint density at radius 2 is 1.89 bits per heavy atom. The molecule has 0 aliphatic rings. The first-order valence-corrected chi connectivity index (χ1v) is 12.7. The highest BCUT2D eigenvalue weighted by molar-refractivity contribution is 7.89. The smallest absolute Gasteiger partial charge is 0.274 e. The van der Waals surface area contributed by atoms with E-state index in [1.165, 1.54) is 16.7 Å². The summed E-state index contributed by atoms with van der Waals surface area (Å²) in [5.41, 5.74) is 3.00. The second-order valence-electron chi connectivity index (χ2n) is 8.66. The van der Waals surface area contributed by atoms with E-state index in [4.69, 9.17) is 10.1 Å². The van der Waals surface area contributed by atoms with Gasteiger partial charge >= 0.3 is 0 Å². The second-order valence-corrected chi connectivity index (χ2v) is 10.4. The lowest BCUT2D eigenvalue weighted by molar-refractivity contribution is 0.566. The molecule has 0 saturated heterocycles. The van der Waals surface area contributed by atoms with Crippen LogP contribution < -0.4 is 10.7 Å². The normalized spacial score (nSPS) is 12.1. The minimum Gasteiger partial charge on any atom is -0.357 e. The number of imidazole rings is 1. The molecule has 1 aromatic carbocycles. The molecule has 0 radical (unpaired) electrons. The summed E-state index contributed by atoms with van der Waals surface area (Å²) >= 11 is 0. The molecule has 0 atom stereocenters. The van der Waals surface area contributed by atoms with Crippen molar-refractivity contribution in [3.8, 4) is 11.3 Å². The van der Waals surface area contributed by atoms with Crippen LogP contribution >= 0.6 is 0 Å². The zero-order chi connectivity index (χ0) is 25.8. The molecule has 36 heavy (non-hydrogen) atoms. The van der Waals surface area contributed by atoms with Gasteiger partial charge in [0, 0.05) is 42.0 Å². The number of benzene rings is 1. The van der Waals surface area contributed by atoms with Gasteiger partial charge in [-0.05, 0) is 37.1 Å². The van der Waals surface area contributed by atoms with Gasteiger partial charge in [-0.25, -0.2) is 32.3 Å². The molecule has 186 valence electrons. The molecule has 5 rings (SSSR count). The molecule has 3 N–H and O–H groups in total. The van der Waals surface area contributed by atoms with Crippen molar-refractivity contribution < 1.29 is 17.2 Å². The summed E-state index contributed by atoms with van der Waals surface area (Å²) in [4.78, 5) is 24.9. The number of pyridine rings is 2. The van der Waals surface area contributed by atoms with Crippen molar-refractivity contribution in [3.63, 3.8) is 0 Å². The molecule has 0 unspecified atom stereocenters. The van der Waals surface area contributed by atoms with Crippen LogP contribution in [-0.2, 0) is 30.0 Å². The van der Waals surface area contributed by atoms with Crippen LogP contribution in [0, 0.1) is 18.6 Å². The molecule has 0 aliphatic carbocycles. The maximum atomic E-state index is 14.5. The second kappa shape index (κ2) is 8.64. The van der Waals surface area contributed by atoms with Crippen molar-refractivity contribution in [1.29, 1.82) is 0 Å². The van der Waals surface area contributed by atoms with E-state index >= 15 is 0 Å². The summed E-state index contributed by atoms with van der Waals surface area (Å²) in [5, 5.41) is 5.90. The number of primary sulfonamides is 1. The summed E-state index contributed by atoms with van der Waals surface area (Å²) in [6, 6.07) is 6.84. The molecule has 0 aliphatic heterocycles. The van der Waals surface area contributed by atoms with Crippen LogP contribution in [0.2, 0.25) is 0 Å². The van der Waals surface area contributed by atoms with Crippen molar-refractivity contribution in [3.05, 3.63) is 81.7 Å². The van der Waals surface area contributed by atoms with Crippen LogP contribution in [-0.4, -0.2) is 38.3 Å². The largest absolute Gasteiger partial charge is 0.357 e. The number of hydrogen-bond acceptors (Lipinski definition) is 5. The molecule has 4 heterocycles. The Labute approximate surface area is 204 Å². The topological polar surface area (TPSA) is 129 Å². The Morgan fingerprint density at radius 1 is 1.11 bits per heavy atom. The monoisotopic (exact) mass is 512 g/mol. The third-order valence-electron chi connectivity index (χ3n) is 6.14. The first-order chi connectivity index (χ1) is 17.0. The van der Waals surface area contributed by atoms with Crippen LogP contribution in [0.15, 0.2) is 47.5 Å². The van der Waals surface area contributed by atoms with Gasteiger partial charge in [-0.15, -0.1) is 0 Å². The lowest BCUT2D eigenvalue weighted by atomic mass is 10.1. The minimum absolute atomic E-state index is 0.0341. The number of rotatable bonds is 6. The lowest BCUT2D eigenvalue weighted by Crippen LogP contribution is -2.18. The molecule has 0 spiro atoms. The van der Waals surface area contributed by atoms with Crippen LogP contribution in [0.5, 0.6) is 0 Å². The quantitative estimate of drug-likeness (QED) is 0.362. The van der Waals surface area contributed by atoms with Crippen LogP contribution in [0.1, 0.15) is 17.0 Å². The van der Waals surface area contributed by atoms with Gasteiger partial charge in [-0.1, -0.05) is 6.07 Å². The minimum atomic E-state index is -3.76. The molecule has 4 aromatic heterocycles. The van der Waals surface area contributed by atoms with Crippen molar-refractivity contribution >= 4 is 32.1 Å². The van der Waals surface area contributed by atoms with Crippen molar-refractivity contribution in [2.75, 3.05) is 5.75 Å². The van der Waals surface area contributed by atoms with Gasteiger partial charge in [0.25, 0.3) is 5.56 Å². The Morgan fingerprint density at radius 3 is 2.61 bits per heavy atom. The number of aryl methyl sites for hydroxylation is 3. The highest BCUT2D eigenvalue weighted by Crippen LogP contribution is 2.30. The Bertz CT molecular complexity index is 1820. The van der Waals surface area contributed by atoms with E-state index in [-0.39, 0.29) is 29.8 Å². The van der Waals surface area contributed by atoms with E-state index in [9.17, 15) is 22.0 Å². The van der Waals surface area contributed by atoms with Gasteiger partial charge in [0.15, 0.2) is 5.65 Å². The molecule has 0 bridgehead atoms. The Kier molecular flexibility index (Phi) is 5.72. The van der Waals surface area contributed by atoms with E-state index in [1.54, 1.807) is 43.1 Å². The fourth-order valence-corrected chi connectivity index (χ4v) is 4.83. The Hall–Kier alpha value is -3.90. The zero-order valence-electron chi connectivity index (χ0n) is 19.4. The number of nitrogens with two attached hydrogens (primary N) is 1. The highest BCUT2D eigenvalue weighted by atomic mass is 32.2. The number of fused-ring (bicyclic) bond motifs is 2. The number of aromatic nitrogens is 5. The number of hydrogen-bond donors (Lipinski definition) is 2. The summed E-state index contributed by atoms with van der Waals surface area (Å²) in [7, 11) is -2.14. The van der Waals surface area contributed by atoms with E-state index in [0.717, 1.165) is 6.07 Å². The molecule has 9 nitrogen and oxygen atoms in total. The first-order valence-electron chi connectivity index (χ1n) is 11.0. The average molecular weight is 513 g/mol. The van der Waals surface area contributed by atoms with E-state index in [0.29, 0.717) is 44.7 Å². The maximum Gasteiger partial charge on any atom is 0.274 e. The maximum absolute atomic E-state index is 14.5. The lowest BCUT2D eigenvalue weighted by Gasteiger charge is -2.12. The van der Waals surface area contributed by atoms with E-state index in [2.05, 4.69) is 9.97 Å². The van der Waals surface area contributed by atoms with Crippen molar-refractivity contribution in [1.82, 2.24) is 24.1 Å². The van der Waals surface area contributed by atoms with Gasteiger partial charge in [-0.3, -0.25) is 4.79 Å². The SMILES string of the molecule is Cc1nc2c(CCS(N)(=O)=O)cc(-c3cn(C)c(=O)c4[nH]ccc34)nc2n1Cc1ccc(F)cc1F. The fourth-order valence-electron chi connectivity index (χ4n) is 4.33. The Balaban J connectivity index is 1.75. The van der Waals surface area contributed by atoms with Gasteiger partial charge in [-0.2, -0.15) is 0 Å². The number of nitrogens with zero attached hydrogens (tertiary/aromatic N) is 4. The van der Waals surface area contributed by atoms with Crippen molar-refractivity contribution in [2.24, 2.45) is 12.2 Å². The standard InChI is InChI=1S/C24H22F2N6O3S/c1-13-29-21-14(6-8-36(27,34)35)9-20(18-12-31(2)24(33)22-17(18)5-7-28-22)30-23(21)32(13)11-15-3-4-16(25)10-19(15)26/h3-5,7,9-10,12,28H,6,8,11H2,1-2H3,(H2,27,34,35). The molecule has 0 fully saturated rings. The van der Waals surface area contributed by atoms with Crippen molar-refractivity contribution in [2.45, 2.75) is 19.9 Å². The molecule has 12 heteroatoms. The predicted molar refractivity (Wildman–Crippen MR) is 132 cm³/mol. The highest BCUT2D eigenvalue weighted by Gasteiger charge is 2.20. The molecule has 0 amide bonds.